The molecule has 0 saturated heterocycles. The first kappa shape index (κ1) is 11.0. The molecular formula is C17H14O. The predicted molar refractivity (Wildman–Crippen MR) is 75.3 cm³/mol. The van der Waals surface area contributed by atoms with E-state index in [1.165, 1.54) is 21.9 Å². The van der Waals surface area contributed by atoms with Crippen LogP contribution in [0.25, 0.3) is 21.9 Å². The lowest BCUT2D eigenvalue weighted by Crippen LogP contribution is -1.87. The van der Waals surface area contributed by atoms with Crippen LogP contribution in [0.15, 0.2) is 66.7 Å². The van der Waals surface area contributed by atoms with Gasteiger partial charge in [-0.25, -0.2) is 0 Å². The third kappa shape index (κ3) is 1.89. The fraction of sp³-hybridized carbons (Fsp3) is 0.0588. The van der Waals surface area contributed by atoms with Crippen molar-refractivity contribution in [3.05, 3.63) is 72.3 Å². The Morgan fingerprint density at radius 2 is 1.50 bits per heavy atom. The van der Waals surface area contributed by atoms with E-state index in [-0.39, 0.29) is 6.61 Å². The maximum absolute atomic E-state index is 9.37. The molecule has 18 heavy (non-hydrogen) atoms. The first-order valence-electron chi connectivity index (χ1n) is 6.06. The molecule has 3 aromatic rings. The van der Waals surface area contributed by atoms with Crippen LogP contribution in [0.4, 0.5) is 0 Å². The Morgan fingerprint density at radius 3 is 2.28 bits per heavy atom. The molecule has 0 aromatic heterocycles. The van der Waals surface area contributed by atoms with E-state index in [9.17, 15) is 5.11 Å². The molecule has 1 heteroatoms. The van der Waals surface area contributed by atoms with Crippen LogP contribution in [0.3, 0.4) is 0 Å². The third-order valence-electron chi connectivity index (χ3n) is 3.19. The van der Waals surface area contributed by atoms with Gasteiger partial charge in [-0.2, -0.15) is 0 Å². The molecule has 1 N–H and O–H groups in total. The lowest BCUT2D eigenvalue weighted by atomic mass is 9.96. The summed E-state index contributed by atoms with van der Waals surface area (Å²) in [5, 5.41) is 11.8. The molecule has 3 aromatic carbocycles. The highest BCUT2D eigenvalue weighted by molar-refractivity contribution is 5.97. The van der Waals surface area contributed by atoms with Gasteiger partial charge in [-0.1, -0.05) is 54.6 Å². The van der Waals surface area contributed by atoms with Crippen LogP contribution in [0, 0.1) is 0 Å². The lowest BCUT2D eigenvalue weighted by molar-refractivity contribution is 0.282. The minimum absolute atomic E-state index is 0.0741. The lowest BCUT2D eigenvalue weighted by Gasteiger charge is -2.09. The summed E-state index contributed by atoms with van der Waals surface area (Å²) in [6, 6.07) is 22.7. The van der Waals surface area contributed by atoms with Crippen LogP contribution >= 0.6 is 0 Å². The van der Waals surface area contributed by atoms with Crippen LogP contribution in [-0.4, -0.2) is 5.11 Å². The monoisotopic (exact) mass is 234 g/mol. The number of fused-ring (bicyclic) bond motifs is 1. The van der Waals surface area contributed by atoms with Gasteiger partial charge in [0.05, 0.1) is 6.61 Å². The van der Waals surface area contributed by atoms with E-state index in [1.54, 1.807) is 0 Å². The smallest absolute Gasteiger partial charge is 0.0682 e. The molecule has 0 aliphatic heterocycles. The van der Waals surface area contributed by atoms with Gasteiger partial charge in [0.1, 0.15) is 0 Å². The number of hydrogen-bond acceptors (Lipinski definition) is 1. The molecule has 0 fully saturated rings. The van der Waals surface area contributed by atoms with Crippen molar-refractivity contribution < 1.29 is 5.11 Å². The van der Waals surface area contributed by atoms with Crippen molar-refractivity contribution >= 4 is 10.8 Å². The largest absolute Gasteiger partial charge is 0.392 e. The highest BCUT2D eigenvalue weighted by Gasteiger charge is 2.05. The van der Waals surface area contributed by atoms with Gasteiger partial charge in [-0.05, 0) is 39.6 Å². The molecule has 0 unspecified atom stereocenters. The Bertz CT molecular complexity index is 672. The van der Waals surface area contributed by atoms with Crippen molar-refractivity contribution in [2.75, 3.05) is 0 Å². The zero-order valence-corrected chi connectivity index (χ0v) is 10.0. The van der Waals surface area contributed by atoms with E-state index in [2.05, 4.69) is 30.3 Å². The van der Waals surface area contributed by atoms with Crippen molar-refractivity contribution in [1.29, 1.82) is 0 Å². The van der Waals surface area contributed by atoms with Gasteiger partial charge in [0, 0.05) is 0 Å². The topological polar surface area (TPSA) is 20.2 Å². The maximum atomic E-state index is 9.37. The second-order valence-electron chi connectivity index (χ2n) is 4.39. The standard InChI is InChI=1S/C17H14O/c18-12-13-10-15-8-4-5-9-16(15)17(11-13)14-6-2-1-3-7-14/h1-11,18H,12H2. The van der Waals surface area contributed by atoms with Gasteiger partial charge >= 0.3 is 0 Å². The van der Waals surface area contributed by atoms with Crippen LogP contribution in [0.2, 0.25) is 0 Å². The van der Waals surface area contributed by atoms with Crippen molar-refractivity contribution in [2.45, 2.75) is 6.61 Å². The summed E-state index contributed by atoms with van der Waals surface area (Å²) in [5.74, 6) is 0. The van der Waals surface area contributed by atoms with E-state index in [4.69, 9.17) is 0 Å². The fourth-order valence-electron chi connectivity index (χ4n) is 2.32. The minimum atomic E-state index is 0.0741. The second kappa shape index (κ2) is 4.63. The summed E-state index contributed by atoms with van der Waals surface area (Å²) in [6.07, 6.45) is 0. The van der Waals surface area contributed by atoms with Gasteiger partial charge in [0.25, 0.3) is 0 Å². The van der Waals surface area contributed by atoms with E-state index in [0.717, 1.165) is 5.56 Å². The Labute approximate surface area is 106 Å². The summed E-state index contributed by atoms with van der Waals surface area (Å²) >= 11 is 0. The third-order valence-corrected chi connectivity index (χ3v) is 3.19. The van der Waals surface area contributed by atoms with Gasteiger partial charge < -0.3 is 5.11 Å². The zero-order chi connectivity index (χ0) is 12.4. The average molecular weight is 234 g/mol. The highest BCUT2D eigenvalue weighted by Crippen LogP contribution is 2.30. The Hall–Kier alpha value is -2.12. The summed E-state index contributed by atoms with van der Waals surface area (Å²) in [6.45, 7) is 0.0741. The molecule has 0 saturated carbocycles. The SMILES string of the molecule is OCc1cc(-c2ccccc2)c2ccccc2c1. The Balaban J connectivity index is 2.33. The molecule has 1 nitrogen and oxygen atoms in total. The van der Waals surface area contributed by atoms with Gasteiger partial charge in [0.15, 0.2) is 0 Å². The molecule has 0 radical (unpaired) electrons. The van der Waals surface area contributed by atoms with E-state index in [1.807, 2.05) is 36.4 Å². The zero-order valence-electron chi connectivity index (χ0n) is 10.0. The van der Waals surface area contributed by atoms with Crippen LogP contribution in [0.1, 0.15) is 5.56 Å². The fourth-order valence-corrected chi connectivity index (χ4v) is 2.32. The molecule has 0 amide bonds. The van der Waals surface area contributed by atoms with Gasteiger partial charge in [-0.15, -0.1) is 0 Å². The number of aliphatic hydroxyl groups excluding tert-OH is 1. The molecule has 0 heterocycles. The van der Waals surface area contributed by atoms with Crippen LogP contribution in [-0.2, 0) is 6.61 Å². The van der Waals surface area contributed by atoms with Crippen molar-refractivity contribution in [2.24, 2.45) is 0 Å². The second-order valence-corrected chi connectivity index (χ2v) is 4.39. The molecule has 0 atom stereocenters. The molecular weight excluding hydrogens is 220 g/mol. The predicted octanol–water partition coefficient (Wildman–Crippen LogP) is 4.00. The minimum Gasteiger partial charge on any atom is -0.392 e. The number of hydrogen-bond donors (Lipinski definition) is 1. The average Bonchev–Trinajstić information content (AvgIpc) is 2.47. The molecule has 0 bridgehead atoms. The molecule has 88 valence electrons. The summed E-state index contributed by atoms with van der Waals surface area (Å²) in [5.41, 5.74) is 3.31. The highest BCUT2D eigenvalue weighted by atomic mass is 16.3. The van der Waals surface area contributed by atoms with Gasteiger partial charge in [0.2, 0.25) is 0 Å². The summed E-state index contributed by atoms with van der Waals surface area (Å²) < 4.78 is 0. The van der Waals surface area contributed by atoms with Crippen LogP contribution in [0.5, 0.6) is 0 Å². The first-order chi connectivity index (χ1) is 8.88. The molecule has 0 aliphatic carbocycles. The van der Waals surface area contributed by atoms with E-state index >= 15 is 0 Å². The molecule has 0 spiro atoms. The summed E-state index contributed by atoms with van der Waals surface area (Å²) in [7, 11) is 0. The van der Waals surface area contributed by atoms with E-state index < -0.39 is 0 Å². The van der Waals surface area contributed by atoms with Crippen LogP contribution < -0.4 is 0 Å². The molecule has 3 rings (SSSR count). The van der Waals surface area contributed by atoms with Crippen molar-refractivity contribution in [1.82, 2.24) is 0 Å². The first-order valence-corrected chi connectivity index (χ1v) is 6.06. The maximum Gasteiger partial charge on any atom is 0.0682 e. The van der Waals surface area contributed by atoms with E-state index in [0.29, 0.717) is 0 Å². The number of aliphatic hydroxyl groups is 1. The molecule has 0 aliphatic rings. The Morgan fingerprint density at radius 1 is 0.778 bits per heavy atom. The number of benzene rings is 3. The quantitative estimate of drug-likeness (QED) is 0.710. The number of rotatable bonds is 2. The summed E-state index contributed by atoms with van der Waals surface area (Å²) in [4.78, 5) is 0. The Kier molecular flexibility index (Phi) is 2.83. The van der Waals surface area contributed by atoms with Crippen molar-refractivity contribution in [3.63, 3.8) is 0 Å². The van der Waals surface area contributed by atoms with Gasteiger partial charge in [-0.3, -0.25) is 0 Å². The normalized spacial score (nSPS) is 10.7. The van der Waals surface area contributed by atoms with Crippen molar-refractivity contribution in [3.8, 4) is 11.1 Å².